The topological polar surface area (TPSA) is 61.3 Å². The molecule has 114 valence electrons. The normalized spacial score (nSPS) is 22.5. The van der Waals surface area contributed by atoms with Gasteiger partial charge in [0.05, 0.1) is 12.6 Å². The first kappa shape index (κ1) is 13.5. The van der Waals surface area contributed by atoms with E-state index in [-0.39, 0.29) is 6.61 Å². The Morgan fingerprint density at radius 2 is 2.05 bits per heavy atom. The van der Waals surface area contributed by atoms with E-state index < -0.39 is 0 Å². The predicted octanol–water partition coefficient (Wildman–Crippen LogP) is 2.32. The number of nitrogens with one attached hydrogen (secondary N) is 1. The molecule has 1 saturated heterocycles. The summed E-state index contributed by atoms with van der Waals surface area (Å²) in [4.78, 5) is 11.1. The lowest BCUT2D eigenvalue weighted by atomic mass is 9.75. The Morgan fingerprint density at radius 1 is 1.18 bits per heavy atom. The number of aromatic nitrogens is 2. The maximum Gasteiger partial charge on any atom is 0.134 e. The Morgan fingerprint density at radius 3 is 2.91 bits per heavy atom. The summed E-state index contributed by atoms with van der Waals surface area (Å²) >= 11 is 0. The Kier molecular flexibility index (Phi) is 3.42. The van der Waals surface area contributed by atoms with Gasteiger partial charge in [0.15, 0.2) is 0 Å². The Balaban J connectivity index is 1.65. The van der Waals surface area contributed by atoms with Crippen molar-refractivity contribution in [2.24, 2.45) is 0 Å². The summed E-state index contributed by atoms with van der Waals surface area (Å²) in [7, 11) is 0. The maximum absolute atomic E-state index is 8.92. The number of aliphatic hydroxyl groups excluding tert-OH is 1. The lowest BCUT2D eigenvalue weighted by Gasteiger charge is -2.47. The van der Waals surface area contributed by atoms with Crippen molar-refractivity contribution in [3.05, 3.63) is 47.8 Å². The highest BCUT2D eigenvalue weighted by atomic mass is 16.3. The minimum absolute atomic E-state index is 0.0983. The molecule has 2 aromatic rings. The molecule has 1 aromatic carbocycles. The molecular formula is C17H20N4O. The van der Waals surface area contributed by atoms with Crippen LogP contribution in [0.15, 0.2) is 36.7 Å². The number of piperidine rings is 1. The average molecular weight is 296 g/mol. The number of hydrogen-bond acceptors (Lipinski definition) is 5. The summed E-state index contributed by atoms with van der Waals surface area (Å²) in [6, 6.07) is 11.2. The summed E-state index contributed by atoms with van der Waals surface area (Å²) in [5, 5.41) is 12.0. The van der Waals surface area contributed by atoms with E-state index >= 15 is 0 Å². The van der Waals surface area contributed by atoms with Crippen LogP contribution in [-0.4, -0.2) is 34.8 Å². The number of hydrogen-bond donors (Lipinski definition) is 2. The zero-order chi connectivity index (χ0) is 14.9. The molecule has 1 aromatic heterocycles. The quantitative estimate of drug-likeness (QED) is 0.906. The summed E-state index contributed by atoms with van der Waals surface area (Å²) in [6.45, 7) is 1.63. The van der Waals surface area contributed by atoms with Crippen molar-refractivity contribution in [2.45, 2.75) is 24.8 Å². The molecule has 5 rings (SSSR count). The fraction of sp³-hybridized carbons (Fsp3) is 0.412. The van der Waals surface area contributed by atoms with Crippen LogP contribution in [0.4, 0.5) is 11.6 Å². The van der Waals surface area contributed by atoms with Gasteiger partial charge < -0.3 is 15.3 Å². The molecule has 2 atom stereocenters. The second-order valence-electron chi connectivity index (χ2n) is 5.98. The summed E-state index contributed by atoms with van der Waals surface area (Å²) in [6.07, 6.45) is 4.05. The number of anilines is 2. The number of aliphatic hydroxyl groups is 1. The second-order valence-corrected chi connectivity index (χ2v) is 5.98. The van der Waals surface area contributed by atoms with Gasteiger partial charge in [-0.25, -0.2) is 9.97 Å². The lowest BCUT2D eigenvalue weighted by molar-refractivity contribution is 0.311. The largest absolute Gasteiger partial charge is 0.395 e. The van der Waals surface area contributed by atoms with Crippen molar-refractivity contribution in [1.29, 1.82) is 0 Å². The van der Waals surface area contributed by atoms with E-state index in [9.17, 15) is 0 Å². The van der Waals surface area contributed by atoms with Crippen LogP contribution in [0, 0.1) is 0 Å². The van der Waals surface area contributed by atoms with Gasteiger partial charge >= 0.3 is 0 Å². The molecule has 3 aliphatic rings. The molecule has 2 bridgehead atoms. The number of benzene rings is 1. The van der Waals surface area contributed by atoms with Gasteiger partial charge in [-0.15, -0.1) is 0 Å². The zero-order valence-electron chi connectivity index (χ0n) is 12.4. The van der Waals surface area contributed by atoms with E-state index in [1.165, 1.54) is 24.0 Å². The Hall–Kier alpha value is -2.14. The highest BCUT2D eigenvalue weighted by Gasteiger charge is 2.38. The van der Waals surface area contributed by atoms with Crippen molar-refractivity contribution in [3.8, 4) is 0 Å². The first-order chi connectivity index (χ1) is 10.9. The Bertz CT molecular complexity index is 675. The van der Waals surface area contributed by atoms with Crippen LogP contribution in [0.2, 0.25) is 0 Å². The minimum atomic E-state index is 0.0983. The third-order valence-electron chi connectivity index (χ3n) is 4.74. The standard InChI is InChI=1S/C17H20N4O/c22-8-7-18-16-9-17(20-11-19-16)21-10-12-5-6-15(21)14-4-2-1-3-13(12)14/h1-4,9,11-12,15,22H,5-8,10H2,(H,18,19,20)/t12-,15+/m1/s1. The van der Waals surface area contributed by atoms with Crippen LogP contribution in [0.25, 0.3) is 0 Å². The first-order valence-corrected chi connectivity index (χ1v) is 7.89. The number of fused-ring (bicyclic) bond motifs is 2. The molecule has 0 amide bonds. The summed E-state index contributed by atoms with van der Waals surface area (Å²) < 4.78 is 0. The van der Waals surface area contributed by atoms with Crippen LogP contribution in [0.1, 0.15) is 35.9 Å². The molecule has 0 spiro atoms. The van der Waals surface area contributed by atoms with Gasteiger partial charge in [0.25, 0.3) is 0 Å². The van der Waals surface area contributed by atoms with E-state index in [1.807, 2.05) is 6.07 Å². The average Bonchev–Trinajstić information content (AvgIpc) is 2.61. The molecule has 2 N–H and O–H groups in total. The van der Waals surface area contributed by atoms with Gasteiger partial charge in [0.2, 0.25) is 0 Å². The minimum Gasteiger partial charge on any atom is -0.395 e. The van der Waals surface area contributed by atoms with Crippen LogP contribution in [-0.2, 0) is 0 Å². The smallest absolute Gasteiger partial charge is 0.134 e. The molecule has 5 nitrogen and oxygen atoms in total. The van der Waals surface area contributed by atoms with Crippen molar-refractivity contribution >= 4 is 11.6 Å². The third-order valence-corrected chi connectivity index (χ3v) is 4.74. The highest BCUT2D eigenvalue weighted by molar-refractivity contribution is 5.54. The van der Waals surface area contributed by atoms with E-state index in [0.717, 1.165) is 18.2 Å². The van der Waals surface area contributed by atoms with Gasteiger partial charge in [-0.05, 0) is 24.0 Å². The van der Waals surface area contributed by atoms with Crippen LogP contribution < -0.4 is 10.2 Å². The molecule has 3 heterocycles. The summed E-state index contributed by atoms with van der Waals surface area (Å²) in [5.74, 6) is 2.35. The molecule has 1 aliphatic carbocycles. The van der Waals surface area contributed by atoms with E-state index in [0.29, 0.717) is 18.5 Å². The van der Waals surface area contributed by atoms with Gasteiger partial charge in [0.1, 0.15) is 18.0 Å². The zero-order valence-corrected chi connectivity index (χ0v) is 12.4. The van der Waals surface area contributed by atoms with Gasteiger partial charge in [-0.2, -0.15) is 0 Å². The molecule has 2 aliphatic heterocycles. The van der Waals surface area contributed by atoms with E-state index in [4.69, 9.17) is 5.11 Å². The van der Waals surface area contributed by atoms with Gasteiger partial charge in [-0.1, -0.05) is 24.3 Å². The number of nitrogens with zero attached hydrogens (tertiary/aromatic N) is 3. The first-order valence-electron chi connectivity index (χ1n) is 7.89. The molecular weight excluding hydrogens is 276 g/mol. The molecule has 0 saturated carbocycles. The van der Waals surface area contributed by atoms with Crippen molar-refractivity contribution < 1.29 is 5.11 Å². The molecule has 0 unspecified atom stereocenters. The maximum atomic E-state index is 8.92. The molecule has 1 fully saturated rings. The SMILES string of the molecule is OCCNc1cc(N2C[C@H]3CC[C@H]2c2ccccc23)ncn1. The fourth-order valence-corrected chi connectivity index (χ4v) is 3.77. The monoisotopic (exact) mass is 296 g/mol. The lowest BCUT2D eigenvalue weighted by Crippen LogP contribution is -2.42. The fourth-order valence-electron chi connectivity index (χ4n) is 3.77. The molecule has 0 radical (unpaired) electrons. The van der Waals surface area contributed by atoms with Crippen molar-refractivity contribution in [3.63, 3.8) is 0 Å². The third kappa shape index (κ3) is 2.22. The van der Waals surface area contributed by atoms with E-state index in [2.05, 4.69) is 44.5 Å². The Labute approximate surface area is 130 Å². The van der Waals surface area contributed by atoms with Crippen molar-refractivity contribution in [1.82, 2.24) is 9.97 Å². The second kappa shape index (κ2) is 5.57. The molecule has 22 heavy (non-hydrogen) atoms. The highest BCUT2D eigenvalue weighted by Crippen LogP contribution is 2.47. The van der Waals surface area contributed by atoms with Gasteiger partial charge in [-0.3, -0.25) is 0 Å². The van der Waals surface area contributed by atoms with Crippen LogP contribution in [0.5, 0.6) is 0 Å². The number of rotatable bonds is 4. The predicted molar refractivity (Wildman–Crippen MR) is 86.1 cm³/mol. The van der Waals surface area contributed by atoms with Crippen LogP contribution >= 0.6 is 0 Å². The van der Waals surface area contributed by atoms with Crippen molar-refractivity contribution in [2.75, 3.05) is 29.9 Å². The molecule has 5 heteroatoms. The van der Waals surface area contributed by atoms with Crippen LogP contribution in [0.3, 0.4) is 0 Å². The van der Waals surface area contributed by atoms with E-state index in [1.54, 1.807) is 6.33 Å². The van der Waals surface area contributed by atoms with Gasteiger partial charge in [0, 0.05) is 25.1 Å². The summed E-state index contributed by atoms with van der Waals surface area (Å²) in [5.41, 5.74) is 2.97.